The second kappa shape index (κ2) is 21.3. The van der Waals surface area contributed by atoms with Crippen LogP contribution in [0, 0.1) is 23.7 Å². The SMILES string of the molecule is CCCCC(C)COC(=O)C1CC(Oc2cccc3ccc(C4C(=O)c5ccc(OCCOc6ccccc6)cc5C4=O)nc23)C(O)CC1C(=O)OCC(CC)CCCC. The lowest BCUT2D eigenvalue weighted by Crippen LogP contribution is -2.48. The maximum absolute atomic E-state index is 13.8. The van der Waals surface area contributed by atoms with Gasteiger partial charge in [0.15, 0.2) is 11.6 Å². The van der Waals surface area contributed by atoms with Gasteiger partial charge in [0.1, 0.15) is 48.0 Å². The van der Waals surface area contributed by atoms with Gasteiger partial charge in [0.2, 0.25) is 0 Å². The number of pyridine rings is 1. The van der Waals surface area contributed by atoms with Crippen LogP contribution in [0.25, 0.3) is 10.9 Å². The minimum Gasteiger partial charge on any atom is -0.490 e. The van der Waals surface area contributed by atoms with E-state index in [2.05, 4.69) is 20.8 Å². The lowest BCUT2D eigenvalue weighted by atomic mass is 9.76. The molecule has 11 heteroatoms. The molecule has 2 aliphatic carbocycles. The Kier molecular flexibility index (Phi) is 15.7. The molecule has 1 saturated carbocycles. The van der Waals surface area contributed by atoms with Gasteiger partial charge in [-0.2, -0.15) is 0 Å². The molecule has 6 rings (SSSR count). The molecule has 11 nitrogen and oxygen atoms in total. The molecule has 320 valence electrons. The molecule has 1 aromatic heterocycles. The van der Waals surface area contributed by atoms with Crippen LogP contribution in [0.1, 0.15) is 118 Å². The molecule has 1 heterocycles. The van der Waals surface area contributed by atoms with Crippen LogP contribution in [0.5, 0.6) is 17.2 Å². The summed E-state index contributed by atoms with van der Waals surface area (Å²) in [6, 6.07) is 23.0. The van der Waals surface area contributed by atoms with Gasteiger partial charge in [-0.25, -0.2) is 4.98 Å². The third-order valence-electron chi connectivity index (χ3n) is 11.8. The quantitative estimate of drug-likeness (QED) is 0.0488. The fourth-order valence-electron chi connectivity index (χ4n) is 8.09. The largest absolute Gasteiger partial charge is 0.490 e. The highest BCUT2D eigenvalue weighted by atomic mass is 16.5. The second-order valence-corrected chi connectivity index (χ2v) is 16.3. The van der Waals surface area contributed by atoms with Crippen LogP contribution in [0.15, 0.2) is 78.9 Å². The number of ether oxygens (including phenoxy) is 5. The molecular weight excluding hydrogens is 763 g/mol. The molecule has 7 unspecified atom stereocenters. The van der Waals surface area contributed by atoms with Crippen LogP contribution in [0.2, 0.25) is 0 Å². The van der Waals surface area contributed by atoms with E-state index in [1.807, 2.05) is 43.3 Å². The molecule has 0 aliphatic heterocycles. The number of fused-ring (bicyclic) bond motifs is 2. The van der Waals surface area contributed by atoms with Gasteiger partial charge in [0, 0.05) is 22.9 Å². The lowest BCUT2D eigenvalue weighted by molar-refractivity contribution is -0.170. The smallest absolute Gasteiger partial charge is 0.309 e. The number of hydrogen-bond acceptors (Lipinski definition) is 11. The van der Waals surface area contributed by atoms with E-state index in [4.69, 9.17) is 28.7 Å². The first-order chi connectivity index (χ1) is 29.1. The number of benzene rings is 3. The number of nitrogens with zero attached hydrogens (tertiary/aromatic N) is 1. The van der Waals surface area contributed by atoms with Gasteiger partial charge in [-0.3, -0.25) is 19.2 Å². The average Bonchev–Trinajstić information content (AvgIpc) is 3.51. The van der Waals surface area contributed by atoms with E-state index >= 15 is 0 Å². The highest BCUT2D eigenvalue weighted by Gasteiger charge is 2.47. The molecule has 4 aromatic rings. The number of rotatable bonds is 21. The maximum Gasteiger partial charge on any atom is 0.309 e. The van der Waals surface area contributed by atoms with Crippen molar-refractivity contribution in [3.05, 3.63) is 95.7 Å². The van der Waals surface area contributed by atoms with Gasteiger partial charge in [-0.1, -0.05) is 96.2 Å². The zero-order chi connectivity index (χ0) is 42.6. The van der Waals surface area contributed by atoms with Crippen molar-refractivity contribution in [3.8, 4) is 17.2 Å². The van der Waals surface area contributed by atoms with Crippen molar-refractivity contribution >= 4 is 34.4 Å². The van der Waals surface area contributed by atoms with Gasteiger partial charge < -0.3 is 28.8 Å². The summed E-state index contributed by atoms with van der Waals surface area (Å²) in [4.78, 5) is 59.8. The minimum absolute atomic E-state index is 0.0178. The Balaban J connectivity index is 1.17. The van der Waals surface area contributed by atoms with Crippen LogP contribution < -0.4 is 14.2 Å². The zero-order valence-corrected chi connectivity index (χ0v) is 35.3. The van der Waals surface area contributed by atoms with Crippen LogP contribution in [-0.4, -0.2) is 72.2 Å². The molecule has 60 heavy (non-hydrogen) atoms. The van der Waals surface area contributed by atoms with Crippen molar-refractivity contribution < 1.29 is 48.0 Å². The van der Waals surface area contributed by atoms with E-state index in [1.165, 1.54) is 0 Å². The minimum atomic E-state index is -1.16. The van der Waals surface area contributed by atoms with Gasteiger partial charge in [-0.05, 0) is 73.6 Å². The summed E-state index contributed by atoms with van der Waals surface area (Å²) in [6.45, 7) is 9.39. The third-order valence-corrected chi connectivity index (χ3v) is 11.8. The summed E-state index contributed by atoms with van der Waals surface area (Å²) in [5.41, 5.74) is 1.22. The summed E-state index contributed by atoms with van der Waals surface area (Å²) in [5.74, 6) is -2.85. The number of para-hydroxylation sites is 2. The van der Waals surface area contributed by atoms with Crippen molar-refractivity contribution in [2.45, 2.75) is 104 Å². The summed E-state index contributed by atoms with van der Waals surface area (Å²) >= 11 is 0. The molecule has 0 amide bonds. The van der Waals surface area contributed by atoms with Gasteiger partial charge >= 0.3 is 11.9 Å². The van der Waals surface area contributed by atoms with E-state index in [1.54, 1.807) is 42.5 Å². The summed E-state index contributed by atoms with van der Waals surface area (Å²) < 4.78 is 29.7. The van der Waals surface area contributed by atoms with Gasteiger partial charge in [0.05, 0.1) is 36.8 Å². The van der Waals surface area contributed by atoms with Crippen LogP contribution in [-0.2, 0) is 19.1 Å². The second-order valence-electron chi connectivity index (χ2n) is 16.3. The lowest BCUT2D eigenvalue weighted by Gasteiger charge is -2.37. The molecule has 0 bridgehead atoms. The van der Waals surface area contributed by atoms with Gasteiger partial charge in [-0.15, -0.1) is 0 Å². The first-order valence-corrected chi connectivity index (χ1v) is 21.7. The van der Waals surface area contributed by atoms with E-state index in [-0.39, 0.29) is 67.3 Å². The van der Waals surface area contributed by atoms with Crippen LogP contribution in [0.4, 0.5) is 0 Å². The molecule has 0 spiro atoms. The first-order valence-electron chi connectivity index (χ1n) is 21.7. The number of esters is 2. The number of unbranched alkanes of at least 4 members (excludes halogenated alkanes) is 2. The molecule has 1 N–H and O–H groups in total. The normalized spacial score (nSPS) is 20.9. The fourth-order valence-corrected chi connectivity index (χ4v) is 8.09. The molecular formula is C49H59NO10. The highest BCUT2D eigenvalue weighted by Crippen LogP contribution is 2.39. The Morgan fingerprint density at radius 2 is 1.43 bits per heavy atom. The zero-order valence-electron chi connectivity index (χ0n) is 35.3. The molecule has 0 saturated heterocycles. The van der Waals surface area contributed by atoms with E-state index in [9.17, 15) is 24.3 Å². The van der Waals surface area contributed by atoms with Crippen molar-refractivity contribution in [1.29, 1.82) is 0 Å². The fraction of sp³-hybridized carbons (Fsp3) is 0.490. The van der Waals surface area contributed by atoms with E-state index in [0.717, 1.165) is 50.7 Å². The van der Waals surface area contributed by atoms with Gasteiger partial charge in [0.25, 0.3) is 0 Å². The standard InChI is InChI=1S/C49H59NO10/c1-5-8-14-31(4)29-58-49(55)39-28-43(41(51)27-38(39)48(54)59-30-32(7-3)15-9-6-2)60-42-19-13-16-33-20-23-40(50-45(33)42)44-46(52)36-22-21-35(26-37(36)47(44)53)57-25-24-56-34-17-11-10-12-18-34/h10-13,16-23,26,31-32,38-39,41,43-44,51H,5-9,14-15,24-25,27-30H2,1-4H3. The number of aromatic nitrogens is 1. The Hall–Kier alpha value is -5.29. The number of aliphatic hydroxyl groups is 1. The summed E-state index contributed by atoms with van der Waals surface area (Å²) in [7, 11) is 0. The van der Waals surface area contributed by atoms with E-state index in [0.29, 0.717) is 34.6 Å². The third kappa shape index (κ3) is 10.9. The Labute approximate surface area is 353 Å². The monoisotopic (exact) mass is 821 g/mol. The Morgan fingerprint density at radius 3 is 2.17 bits per heavy atom. The molecule has 1 fully saturated rings. The van der Waals surface area contributed by atoms with Crippen molar-refractivity contribution in [2.75, 3.05) is 26.4 Å². The number of Topliss-reactive ketones (excluding diaryl/α,β-unsaturated/α-hetero) is 2. The predicted molar refractivity (Wildman–Crippen MR) is 228 cm³/mol. The number of ketones is 2. The summed E-state index contributed by atoms with van der Waals surface area (Å²) in [5, 5.41) is 12.2. The Morgan fingerprint density at radius 1 is 0.750 bits per heavy atom. The number of carbonyl (C=O) groups excluding carboxylic acids is 4. The van der Waals surface area contributed by atoms with Crippen LogP contribution in [0.3, 0.4) is 0 Å². The maximum atomic E-state index is 13.8. The predicted octanol–water partition coefficient (Wildman–Crippen LogP) is 9.12. The molecule has 3 aromatic carbocycles. The molecule has 2 aliphatic rings. The number of hydrogen-bond donors (Lipinski definition) is 1. The average molecular weight is 822 g/mol. The van der Waals surface area contributed by atoms with Crippen LogP contribution >= 0.6 is 0 Å². The topological polar surface area (TPSA) is 148 Å². The van der Waals surface area contributed by atoms with Crippen molar-refractivity contribution in [2.24, 2.45) is 23.7 Å². The van der Waals surface area contributed by atoms with Crippen molar-refractivity contribution in [1.82, 2.24) is 4.98 Å². The number of aliphatic hydroxyl groups excluding tert-OH is 1. The number of carbonyl (C=O) groups is 4. The molecule has 0 radical (unpaired) electrons. The summed E-state index contributed by atoms with van der Waals surface area (Å²) in [6.07, 6.45) is 4.87. The van der Waals surface area contributed by atoms with Crippen molar-refractivity contribution in [3.63, 3.8) is 0 Å². The highest BCUT2D eigenvalue weighted by molar-refractivity contribution is 6.29. The Bertz CT molecular complexity index is 2090. The molecule has 7 atom stereocenters. The van der Waals surface area contributed by atoms with E-state index < -0.39 is 41.9 Å². The first kappa shape index (κ1) is 44.3.